The minimum absolute atomic E-state index is 0.103. The molecule has 0 radical (unpaired) electrons. The molecule has 3 atom stereocenters. The number of nitrogens with one attached hydrogen (secondary N) is 1. The van der Waals surface area contributed by atoms with Crippen molar-refractivity contribution >= 4 is 11.4 Å². The van der Waals surface area contributed by atoms with Gasteiger partial charge in [0.2, 0.25) is 0 Å². The highest BCUT2D eigenvalue weighted by Gasteiger charge is 2.41. The third-order valence-electron chi connectivity index (χ3n) is 5.27. The van der Waals surface area contributed by atoms with Gasteiger partial charge in [0.15, 0.2) is 0 Å². The molecule has 2 fully saturated rings. The van der Waals surface area contributed by atoms with Gasteiger partial charge in [0.25, 0.3) is 0 Å². The topological polar surface area (TPSA) is 15.3 Å². The average molecular weight is 260 g/mol. The van der Waals surface area contributed by atoms with Crippen molar-refractivity contribution in [1.82, 2.24) is 0 Å². The number of nitrogens with zero attached hydrogens (tertiary/aromatic N) is 1. The number of hydrogen-bond acceptors (Lipinski definition) is 2. The van der Waals surface area contributed by atoms with E-state index in [0.29, 0.717) is 12.1 Å². The number of piperidine rings is 1. The lowest BCUT2D eigenvalue weighted by molar-refractivity contribution is 0.215. The van der Waals surface area contributed by atoms with E-state index < -0.39 is 0 Å². The first-order valence-corrected chi connectivity index (χ1v) is 7.65. The Hall–Kier alpha value is -1.25. The van der Waals surface area contributed by atoms with Crippen molar-refractivity contribution in [2.75, 3.05) is 16.8 Å². The maximum absolute atomic E-state index is 14.0. The van der Waals surface area contributed by atoms with Gasteiger partial charge in [0.05, 0.1) is 11.4 Å². The fourth-order valence-corrected chi connectivity index (χ4v) is 4.41. The van der Waals surface area contributed by atoms with Crippen LogP contribution in [-0.2, 0) is 0 Å². The van der Waals surface area contributed by atoms with Gasteiger partial charge in [0, 0.05) is 18.6 Å². The Morgan fingerprint density at radius 3 is 2.95 bits per heavy atom. The normalized spacial score (nSPS) is 32.9. The van der Waals surface area contributed by atoms with Crippen LogP contribution in [0.25, 0.3) is 0 Å². The van der Waals surface area contributed by atoms with Crippen molar-refractivity contribution < 1.29 is 4.39 Å². The summed E-state index contributed by atoms with van der Waals surface area (Å²) in [6, 6.07) is 6.72. The fourth-order valence-electron chi connectivity index (χ4n) is 4.41. The summed E-state index contributed by atoms with van der Waals surface area (Å²) in [6.45, 7) is 0.900. The van der Waals surface area contributed by atoms with Crippen molar-refractivity contribution in [1.29, 1.82) is 0 Å². The van der Waals surface area contributed by atoms with E-state index in [1.165, 1.54) is 38.5 Å². The van der Waals surface area contributed by atoms with Gasteiger partial charge >= 0.3 is 0 Å². The third-order valence-corrected chi connectivity index (χ3v) is 5.27. The molecule has 1 N–H and O–H groups in total. The summed E-state index contributed by atoms with van der Waals surface area (Å²) in [4.78, 5) is 2.56. The second-order valence-corrected chi connectivity index (χ2v) is 6.27. The first-order valence-electron chi connectivity index (χ1n) is 7.65. The minimum Gasteiger partial charge on any atom is -0.379 e. The van der Waals surface area contributed by atoms with E-state index >= 15 is 0 Å². The molecule has 0 aromatic heterocycles. The van der Waals surface area contributed by atoms with Crippen molar-refractivity contribution in [3.05, 3.63) is 24.0 Å². The first kappa shape index (κ1) is 11.6. The number of para-hydroxylation sites is 1. The lowest BCUT2D eigenvalue weighted by Gasteiger charge is -2.52. The molecule has 3 heteroatoms. The van der Waals surface area contributed by atoms with Crippen LogP contribution in [0.1, 0.15) is 38.5 Å². The van der Waals surface area contributed by atoms with Crippen LogP contribution in [0.2, 0.25) is 0 Å². The van der Waals surface area contributed by atoms with E-state index in [9.17, 15) is 4.39 Å². The SMILES string of the molecule is Fc1cccc2c1NCC1CCC3CCCCC3N21. The zero-order valence-electron chi connectivity index (χ0n) is 11.2. The third kappa shape index (κ3) is 1.74. The Labute approximate surface area is 114 Å². The standard InChI is InChI=1S/C16H21FN2/c17-13-5-3-7-15-16(13)18-10-12-9-8-11-4-1-2-6-14(11)19(12)15/h3,5,7,11-12,14,18H,1-2,4,6,8-10H2. The van der Waals surface area contributed by atoms with Gasteiger partial charge in [-0.25, -0.2) is 4.39 Å². The van der Waals surface area contributed by atoms with Crippen molar-refractivity contribution in [2.24, 2.45) is 5.92 Å². The molecule has 0 bridgehead atoms. The summed E-state index contributed by atoms with van der Waals surface area (Å²) >= 11 is 0. The number of halogens is 1. The molecule has 1 aliphatic carbocycles. The molecular weight excluding hydrogens is 239 g/mol. The zero-order chi connectivity index (χ0) is 12.8. The molecular formula is C16H21FN2. The fraction of sp³-hybridized carbons (Fsp3) is 0.625. The number of hydrogen-bond donors (Lipinski definition) is 1. The van der Waals surface area contributed by atoms with Crippen LogP contribution in [0.4, 0.5) is 15.8 Å². The molecule has 0 amide bonds. The number of anilines is 2. The van der Waals surface area contributed by atoms with Crippen molar-refractivity contribution in [2.45, 2.75) is 50.6 Å². The predicted molar refractivity (Wildman–Crippen MR) is 76.1 cm³/mol. The number of benzene rings is 1. The molecule has 19 heavy (non-hydrogen) atoms. The summed E-state index contributed by atoms with van der Waals surface area (Å²) in [5.41, 5.74) is 1.83. The second kappa shape index (κ2) is 4.39. The summed E-state index contributed by atoms with van der Waals surface area (Å²) < 4.78 is 14.0. The maximum Gasteiger partial charge on any atom is 0.148 e. The highest BCUT2D eigenvalue weighted by molar-refractivity contribution is 5.74. The molecule has 2 heterocycles. The average Bonchev–Trinajstić information content (AvgIpc) is 2.47. The molecule has 3 aliphatic rings. The van der Waals surface area contributed by atoms with Crippen LogP contribution in [0, 0.1) is 11.7 Å². The van der Waals surface area contributed by atoms with E-state index in [0.717, 1.165) is 23.8 Å². The van der Waals surface area contributed by atoms with E-state index in [1.54, 1.807) is 6.07 Å². The smallest absolute Gasteiger partial charge is 0.148 e. The van der Waals surface area contributed by atoms with Gasteiger partial charge in [-0.1, -0.05) is 18.9 Å². The largest absolute Gasteiger partial charge is 0.379 e. The summed E-state index contributed by atoms with van der Waals surface area (Å²) in [5, 5.41) is 3.31. The lowest BCUT2D eigenvalue weighted by Crippen LogP contribution is -2.56. The van der Waals surface area contributed by atoms with Gasteiger partial charge in [0.1, 0.15) is 5.82 Å². The first-order chi connectivity index (χ1) is 9.34. The van der Waals surface area contributed by atoms with E-state index in [-0.39, 0.29) is 5.82 Å². The highest BCUT2D eigenvalue weighted by atomic mass is 19.1. The second-order valence-electron chi connectivity index (χ2n) is 6.27. The molecule has 1 aromatic carbocycles. The van der Waals surface area contributed by atoms with Gasteiger partial charge in [-0.15, -0.1) is 0 Å². The van der Waals surface area contributed by atoms with Crippen LogP contribution in [0.3, 0.4) is 0 Å². The molecule has 1 saturated heterocycles. The number of fused-ring (bicyclic) bond motifs is 5. The van der Waals surface area contributed by atoms with Crippen molar-refractivity contribution in [3.63, 3.8) is 0 Å². The summed E-state index contributed by atoms with van der Waals surface area (Å²) in [7, 11) is 0. The van der Waals surface area contributed by atoms with Gasteiger partial charge in [-0.05, 0) is 43.7 Å². The Kier molecular flexibility index (Phi) is 2.68. The molecule has 1 aromatic rings. The molecule has 2 nitrogen and oxygen atoms in total. The molecule has 2 aliphatic heterocycles. The van der Waals surface area contributed by atoms with Crippen LogP contribution < -0.4 is 10.2 Å². The van der Waals surface area contributed by atoms with E-state index in [2.05, 4.69) is 16.3 Å². The highest BCUT2D eigenvalue weighted by Crippen LogP contribution is 2.45. The minimum atomic E-state index is -0.103. The van der Waals surface area contributed by atoms with Crippen LogP contribution >= 0.6 is 0 Å². The quantitative estimate of drug-likeness (QED) is 0.763. The van der Waals surface area contributed by atoms with Gasteiger partial charge in [-0.2, -0.15) is 0 Å². The molecule has 4 rings (SSSR count). The zero-order valence-corrected chi connectivity index (χ0v) is 11.2. The molecule has 3 unspecified atom stereocenters. The molecule has 102 valence electrons. The summed E-state index contributed by atoms with van der Waals surface area (Å²) in [6.07, 6.45) is 7.99. The Balaban J connectivity index is 1.76. The Morgan fingerprint density at radius 2 is 2.00 bits per heavy atom. The van der Waals surface area contributed by atoms with Crippen molar-refractivity contribution in [3.8, 4) is 0 Å². The number of rotatable bonds is 0. The Bertz CT molecular complexity index is 488. The lowest BCUT2D eigenvalue weighted by atomic mass is 9.75. The van der Waals surface area contributed by atoms with Crippen LogP contribution in [0.15, 0.2) is 18.2 Å². The summed E-state index contributed by atoms with van der Waals surface area (Å²) in [5.74, 6) is 0.730. The maximum atomic E-state index is 14.0. The van der Waals surface area contributed by atoms with Gasteiger partial charge < -0.3 is 10.2 Å². The predicted octanol–water partition coefficient (Wildman–Crippen LogP) is 3.78. The molecule has 0 spiro atoms. The Morgan fingerprint density at radius 1 is 1.11 bits per heavy atom. The van der Waals surface area contributed by atoms with E-state index in [4.69, 9.17) is 0 Å². The molecule has 1 saturated carbocycles. The van der Waals surface area contributed by atoms with Crippen LogP contribution in [-0.4, -0.2) is 18.6 Å². The monoisotopic (exact) mass is 260 g/mol. The van der Waals surface area contributed by atoms with E-state index in [1.807, 2.05) is 6.07 Å². The van der Waals surface area contributed by atoms with Gasteiger partial charge in [-0.3, -0.25) is 0 Å². The van der Waals surface area contributed by atoms with Crippen LogP contribution in [0.5, 0.6) is 0 Å².